The van der Waals surface area contributed by atoms with Crippen molar-refractivity contribution < 1.29 is 4.79 Å². The van der Waals surface area contributed by atoms with E-state index in [0.29, 0.717) is 6.42 Å². The van der Waals surface area contributed by atoms with E-state index in [1.807, 2.05) is 13.0 Å². The minimum absolute atomic E-state index is 0.0112. The van der Waals surface area contributed by atoms with E-state index in [4.69, 9.17) is 5.73 Å². The number of aryl methyl sites for hydroxylation is 1. The Morgan fingerprint density at radius 2 is 2.05 bits per heavy atom. The fraction of sp³-hybridized carbons (Fsp3) is 0.562. The number of primary amides is 1. The number of carbonyl (C=O) groups excluding carboxylic acids is 1. The fourth-order valence-corrected chi connectivity index (χ4v) is 3.25. The molecule has 0 bridgehead atoms. The van der Waals surface area contributed by atoms with Gasteiger partial charge in [0, 0.05) is 24.6 Å². The molecule has 3 rings (SSSR count). The van der Waals surface area contributed by atoms with E-state index in [1.54, 1.807) is 0 Å². The highest BCUT2D eigenvalue weighted by Crippen LogP contribution is 2.26. The maximum Gasteiger partial charge on any atom is 0.222 e. The Bertz CT molecular complexity index is 598. The van der Waals surface area contributed by atoms with Gasteiger partial charge in [0.1, 0.15) is 11.6 Å². The molecule has 0 saturated heterocycles. The second kappa shape index (κ2) is 6.44. The van der Waals surface area contributed by atoms with Crippen LogP contribution in [0.15, 0.2) is 12.2 Å². The normalized spacial score (nSPS) is 24.4. The monoisotopic (exact) mass is 301 g/mol. The Balaban J connectivity index is 1.89. The smallest absolute Gasteiger partial charge is 0.222 e. The summed E-state index contributed by atoms with van der Waals surface area (Å²) in [6, 6.07) is 0.0112. The van der Waals surface area contributed by atoms with Crippen molar-refractivity contribution in [1.29, 1.82) is 0 Å². The van der Waals surface area contributed by atoms with Crippen LogP contribution in [0.2, 0.25) is 0 Å². The molecule has 0 aromatic carbocycles. The lowest BCUT2D eigenvalue weighted by Crippen LogP contribution is -2.39. The van der Waals surface area contributed by atoms with Gasteiger partial charge in [-0.05, 0) is 32.7 Å². The zero-order valence-electron chi connectivity index (χ0n) is 12.9. The highest BCUT2D eigenvalue weighted by Gasteiger charge is 2.28. The van der Waals surface area contributed by atoms with E-state index in [2.05, 4.69) is 26.7 Å². The van der Waals surface area contributed by atoms with E-state index in [9.17, 15) is 4.79 Å². The molecule has 1 aliphatic heterocycles. The van der Waals surface area contributed by atoms with Crippen LogP contribution in [0.1, 0.15) is 29.9 Å². The quantitative estimate of drug-likeness (QED) is 0.715. The van der Waals surface area contributed by atoms with E-state index in [0.717, 1.165) is 49.7 Å². The molecule has 2 atom stereocenters. The number of nitrogens with one attached hydrogen (secondary N) is 2. The third kappa shape index (κ3) is 3.11. The summed E-state index contributed by atoms with van der Waals surface area (Å²) < 4.78 is 0. The highest BCUT2D eigenvalue weighted by molar-refractivity contribution is 5.78. The molecule has 1 aliphatic carbocycles. The highest BCUT2D eigenvalue weighted by atomic mass is 16.1. The first-order chi connectivity index (χ1) is 10.6. The van der Waals surface area contributed by atoms with Crippen molar-refractivity contribution in [3.63, 3.8) is 0 Å². The molecule has 1 aromatic rings. The van der Waals surface area contributed by atoms with Gasteiger partial charge in [-0.25, -0.2) is 9.97 Å². The largest absolute Gasteiger partial charge is 0.369 e. The minimum Gasteiger partial charge on any atom is -0.369 e. The van der Waals surface area contributed by atoms with E-state index < -0.39 is 0 Å². The van der Waals surface area contributed by atoms with Crippen LogP contribution in [0.4, 0.5) is 5.82 Å². The number of anilines is 1. The van der Waals surface area contributed by atoms with Crippen LogP contribution in [0.5, 0.6) is 0 Å². The van der Waals surface area contributed by atoms with Gasteiger partial charge in [-0.2, -0.15) is 0 Å². The summed E-state index contributed by atoms with van der Waals surface area (Å²) in [6.07, 6.45) is 7.44. The summed E-state index contributed by atoms with van der Waals surface area (Å²) in [5.74, 6) is 1.21. The first kappa shape index (κ1) is 15.0. The van der Waals surface area contributed by atoms with Gasteiger partial charge < -0.3 is 16.4 Å². The zero-order chi connectivity index (χ0) is 15.5. The number of hydrogen-bond donors (Lipinski definition) is 3. The Hall–Kier alpha value is -1.95. The Morgan fingerprint density at radius 3 is 2.86 bits per heavy atom. The van der Waals surface area contributed by atoms with Crippen molar-refractivity contribution in [2.24, 2.45) is 11.7 Å². The molecule has 2 aliphatic rings. The molecular formula is C16H23N5O. The van der Waals surface area contributed by atoms with Crippen LogP contribution in [0.25, 0.3) is 0 Å². The molecule has 0 fully saturated rings. The summed E-state index contributed by atoms with van der Waals surface area (Å²) in [4.78, 5) is 20.8. The number of nitrogens with zero attached hydrogens (tertiary/aromatic N) is 2. The Labute approximate surface area is 130 Å². The average molecular weight is 301 g/mol. The molecule has 2 heterocycles. The molecule has 6 nitrogen and oxygen atoms in total. The van der Waals surface area contributed by atoms with Crippen molar-refractivity contribution in [3.05, 3.63) is 29.2 Å². The number of hydrogen-bond acceptors (Lipinski definition) is 5. The molecule has 4 N–H and O–H groups in total. The van der Waals surface area contributed by atoms with Gasteiger partial charge in [0.05, 0.1) is 11.6 Å². The van der Waals surface area contributed by atoms with Crippen LogP contribution >= 0.6 is 0 Å². The molecule has 0 radical (unpaired) electrons. The summed E-state index contributed by atoms with van der Waals surface area (Å²) >= 11 is 0. The molecule has 22 heavy (non-hydrogen) atoms. The Morgan fingerprint density at radius 1 is 1.27 bits per heavy atom. The van der Waals surface area contributed by atoms with Gasteiger partial charge >= 0.3 is 0 Å². The molecule has 118 valence electrons. The third-order valence-corrected chi connectivity index (χ3v) is 4.41. The molecule has 0 saturated carbocycles. The molecule has 6 heteroatoms. The first-order valence-electron chi connectivity index (χ1n) is 7.93. The van der Waals surface area contributed by atoms with Crippen LogP contribution in [-0.2, 0) is 17.6 Å². The average Bonchev–Trinajstić information content (AvgIpc) is 2.73. The van der Waals surface area contributed by atoms with E-state index in [-0.39, 0.29) is 17.9 Å². The number of allylic oxidation sites excluding steroid dienone is 1. The van der Waals surface area contributed by atoms with Crippen LogP contribution in [-0.4, -0.2) is 35.0 Å². The lowest BCUT2D eigenvalue weighted by molar-refractivity contribution is -0.122. The van der Waals surface area contributed by atoms with Crippen LogP contribution in [0.3, 0.4) is 0 Å². The van der Waals surface area contributed by atoms with E-state index in [1.165, 1.54) is 5.56 Å². The molecule has 1 aromatic heterocycles. The first-order valence-corrected chi connectivity index (χ1v) is 7.93. The van der Waals surface area contributed by atoms with Gasteiger partial charge in [-0.3, -0.25) is 4.79 Å². The summed E-state index contributed by atoms with van der Waals surface area (Å²) in [6.45, 7) is 3.78. The van der Waals surface area contributed by atoms with Crippen molar-refractivity contribution in [3.8, 4) is 0 Å². The second-order valence-electron chi connectivity index (χ2n) is 6.00. The lowest BCUT2D eigenvalue weighted by Gasteiger charge is -2.28. The Kier molecular flexibility index (Phi) is 4.38. The van der Waals surface area contributed by atoms with Gasteiger partial charge in [-0.15, -0.1) is 0 Å². The number of amides is 1. The number of nitrogens with two attached hydrogens (primary N) is 1. The molecule has 0 unspecified atom stereocenters. The third-order valence-electron chi connectivity index (χ3n) is 4.41. The number of aromatic nitrogens is 2. The zero-order valence-corrected chi connectivity index (χ0v) is 12.9. The molecule has 1 amide bonds. The molecular weight excluding hydrogens is 278 g/mol. The van der Waals surface area contributed by atoms with Gasteiger partial charge in [0.25, 0.3) is 0 Å². The van der Waals surface area contributed by atoms with Crippen LogP contribution < -0.4 is 16.4 Å². The summed E-state index contributed by atoms with van der Waals surface area (Å²) in [7, 11) is 0. The van der Waals surface area contributed by atoms with Gasteiger partial charge in [0.15, 0.2) is 0 Å². The fourth-order valence-electron chi connectivity index (χ4n) is 3.25. The second-order valence-corrected chi connectivity index (χ2v) is 6.00. The van der Waals surface area contributed by atoms with Crippen molar-refractivity contribution in [1.82, 2.24) is 15.3 Å². The van der Waals surface area contributed by atoms with Crippen molar-refractivity contribution in [2.75, 3.05) is 18.4 Å². The minimum atomic E-state index is -0.250. The van der Waals surface area contributed by atoms with Crippen LogP contribution in [0, 0.1) is 12.8 Å². The van der Waals surface area contributed by atoms with Crippen molar-refractivity contribution >= 4 is 11.7 Å². The SMILES string of the molecule is Cc1nc2c(c(N[C@H]3CC=CC[C@H]3C(N)=O)n1)CCNCC2. The maximum atomic E-state index is 11.7. The number of carbonyl (C=O) groups is 1. The molecule has 0 spiro atoms. The van der Waals surface area contributed by atoms with Gasteiger partial charge in [0.2, 0.25) is 5.91 Å². The predicted octanol–water partition coefficient (Wildman–Crippen LogP) is 0.705. The standard InChI is InChI=1S/C16H23N5O/c1-10-19-14-7-9-18-8-6-12(14)16(20-10)21-13-5-3-2-4-11(13)15(17)22/h2-3,11,13,18H,4-9H2,1H3,(H2,17,22)(H,19,20,21)/t11-,13+/m1/s1. The topological polar surface area (TPSA) is 92.9 Å². The predicted molar refractivity (Wildman–Crippen MR) is 85.5 cm³/mol. The number of rotatable bonds is 3. The summed E-state index contributed by atoms with van der Waals surface area (Å²) in [5, 5.41) is 6.87. The van der Waals surface area contributed by atoms with Crippen molar-refractivity contribution in [2.45, 2.75) is 38.6 Å². The lowest BCUT2D eigenvalue weighted by atomic mass is 9.88. The summed E-state index contributed by atoms with van der Waals surface area (Å²) in [5.41, 5.74) is 7.84. The van der Waals surface area contributed by atoms with E-state index >= 15 is 0 Å². The maximum absolute atomic E-state index is 11.7. The van der Waals surface area contributed by atoms with Gasteiger partial charge in [-0.1, -0.05) is 12.2 Å². The number of fused-ring (bicyclic) bond motifs is 1.